The van der Waals surface area contributed by atoms with E-state index >= 15 is 0 Å². The molecule has 118 valence electrons. The van der Waals surface area contributed by atoms with E-state index in [1.807, 2.05) is 0 Å². The van der Waals surface area contributed by atoms with Crippen molar-refractivity contribution in [2.45, 2.75) is 11.3 Å². The van der Waals surface area contributed by atoms with Crippen LogP contribution in [0.4, 0.5) is 24.5 Å². The van der Waals surface area contributed by atoms with Gasteiger partial charge in [0.05, 0.1) is 16.8 Å². The van der Waals surface area contributed by atoms with Gasteiger partial charge in [-0.25, -0.2) is 18.5 Å². The number of anilines is 2. The number of nitrogens with zero attached hydrogens (tertiary/aromatic N) is 1. The van der Waals surface area contributed by atoms with Crippen LogP contribution >= 0.6 is 0 Å². The second-order valence-corrected chi connectivity index (χ2v) is 5.69. The van der Waals surface area contributed by atoms with E-state index in [-0.39, 0.29) is 4.90 Å². The van der Waals surface area contributed by atoms with E-state index in [1.54, 1.807) is 0 Å². The Morgan fingerprint density at radius 1 is 1.05 bits per heavy atom. The molecule has 2 aromatic rings. The monoisotopic (exact) mass is 333 g/mol. The molecular formula is C12H10F3N3O3S. The van der Waals surface area contributed by atoms with Crippen LogP contribution < -0.4 is 15.2 Å². The zero-order valence-electron chi connectivity index (χ0n) is 10.8. The van der Waals surface area contributed by atoms with Crippen LogP contribution in [0.3, 0.4) is 0 Å². The van der Waals surface area contributed by atoms with Crippen molar-refractivity contribution in [3.63, 3.8) is 0 Å². The number of aromatic nitrogens is 1. The van der Waals surface area contributed by atoms with Crippen molar-refractivity contribution in [1.82, 2.24) is 4.98 Å². The topological polar surface area (TPSA) is 94.3 Å². The molecule has 0 unspecified atom stereocenters. The summed E-state index contributed by atoms with van der Waals surface area (Å²) in [6.45, 7) is 0. The molecule has 0 fully saturated rings. The molecule has 1 aromatic carbocycles. The fraction of sp³-hybridized carbons (Fsp3) is 0.0833. The third-order valence-corrected chi connectivity index (χ3v) is 3.36. The summed E-state index contributed by atoms with van der Waals surface area (Å²) >= 11 is 0. The Morgan fingerprint density at radius 2 is 1.64 bits per heavy atom. The van der Waals surface area contributed by atoms with Gasteiger partial charge in [-0.3, -0.25) is 0 Å². The maximum atomic E-state index is 12.0. The van der Waals surface area contributed by atoms with Crippen molar-refractivity contribution in [3.8, 4) is 5.88 Å². The van der Waals surface area contributed by atoms with Gasteiger partial charge < -0.3 is 10.1 Å². The average molecular weight is 333 g/mol. The molecule has 0 amide bonds. The number of benzene rings is 1. The minimum Gasteiger partial charge on any atom is -0.388 e. The Kier molecular flexibility index (Phi) is 4.24. The number of rotatable bonds is 4. The zero-order chi connectivity index (χ0) is 16.4. The molecule has 6 nitrogen and oxygen atoms in total. The number of primary sulfonamides is 1. The second-order valence-electron chi connectivity index (χ2n) is 4.13. The largest absolute Gasteiger partial charge is 0.574 e. The molecule has 0 saturated heterocycles. The zero-order valence-corrected chi connectivity index (χ0v) is 11.6. The number of nitrogens with one attached hydrogen (secondary N) is 1. The molecule has 0 aliphatic carbocycles. The number of nitrogens with two attached hydrogens (primary N) is 1. The van der Waals surface area contributed by atoms with Crippen LogP contribution in [0.2, 0.25) is 0 Å². The van der Waals surface area contributed by atoms with Gasteiger partial charge in [0.2, 0.25) is 15.9 Å². The molecule has 1 aromatic heterocycles. The van der Waals surface area contributed by atoms with E-state index in [1.165, 1.54) is 30.3 Å². The van der Waals surface area contributed by atoms with Crippen LogP contribution in [0, 0.1) is 0 Å². The molecule has 0 bridgehead atoms. The maximum Gasteiger partial charge on any atom is 0.574 e. The van der Waals surface area contributed by atoms with Crippen LogP contribution in [-0.4, -0.2) is 19.8 Å². The van der Waals surface area contributed by atoms with Gasteiger partial charge in [0, 0.05) is 11.8 Å². The summed E-state index contributed by atoms with van der Waals surface area (Å²) < 4.78 is 61.8. The number of halogens is 3. The van der Waals surface area contributed by atoms with Crippen molar-refractivity contribution >= 4 is 21.4 Å². The summed E-state index contributed by atoms with van der Waals surface area (Å²) in [5.41, 5.74) is 0.913. The Bertz CT molecular complexity index is 744. The van der Waals surface area contributed by atoms with E-state index < -0.39 is 22.3 Å². The average Bonchev–Trinajstić information content (AvgIpc) is 2.39. The van der Waals surface area contributed by atoms with Gasteiger partial charge >= 0.3 is 6.36 Å². The fourth-order valence-corrected chi connectivity index (χ4v) is 2.04. The number of sulfonamides is 1. The third-order valence-electron chi connectivity index (χ3n) is 2.43. The lowest BCUT2D eigenvalue weighted by atomic mass is 10.3. The van der Waals surface area contributed by atoms with Gasteiger partial charge in [0.15, 0.2) is 0 Å². The molecule has 1 heterocycles. The molecule has 0 atom stereocenters. The summed E-state index contributed by atoms with van der Waals surface area (Å²) in [6, 6.07) is 7.90. The highest BCUT2D eigenvalue weighted by Crippen LogP contribution is 2.23. The number of pyridine rings is 1. The molecular weight excluding hydrogens is 323 g/mol. The van der Waals surface area contributed by atoms with E-state index in [4.69, 9.17) is 5.14 Å². The summed E-state index contributed by atoms with van der Waals surface area (Å²) in [5, 5.41) is 7.80. The second kappa shape index (κ2) is 5.81. The van der Waals surface area contributed by atoms with E-state index in [2.05, 4.69) is 15.0 Å². The van der Waals surface area contributed by atoms with Crippen LogP contribution in [0.15, 0.2) is 47.5 Å². The Labute approximate surface area is 123 Å². The van der Waals surface area contributed by atoms with E-state index in [0.29, 0.717) is 11.4 Å². The van der Waals surface area contributed by atoms with Crippen LogP contribution in [0.1, 0.15) is 0 Å². The third kappa shape index (κ3) is 4.60. The van der Waals surface area contributed by atoms with Crippen molar-refractivity contribution < 1.29 is 26.3 Å². The van der Waals surface area contributed by atoms with E-state index in [0.717, 1.165) is 12.3 Å². The quantitative estimate of drug-likeness (QED) is 0.896. The molecule has 0 saturated carbocycles. The first-order chi connectivity index (χ1) is 10.1. The number of ether oxygens (including phenoxy) is 1. The molecule has 0 spiro atoms. The SMILES string of the molecule is NS(=O)(=O)c1ccc(Nc2ccc(OC(F)(F)F)nc2)cc1. The number of alkyl halides is 3. The fourth-order valence-electron chi connectivity index (χ4n) is 1.53. The van der Waals surface area contributed by atoms with Crippen LogP contribution in [-0.2, 0) is 10.0 Å². The lowest BCUT2D eigenvalue weighted by molar-refractivity contribution is -0.276. The standard InChI is InChI=1S/C12H10F3N3O3S/c13-12(14,15)21-11-6-3-9(7-17-11)18-8-1-4-10(5-2-8)22(16,19)20/h1-7,18H,(H2,16,19,20). The van der Waals surface area contributed by atoms with Crippen molar-refractivity contribution in [3.05, 3.63) is 42.6 Å². The van der Waals surface area contributed by atoms with Gasteiger partial charge in [-0.1, -0.05) is 0 Å². The summed E-state index contributed by atoms with van der Waals surface area (Å²) in [7, 11) is -3.78. The van der Waals surface area contributed by atoms with Gasteiger partial charge in [-0.05, 0) is 30.3 Å². The number of hydrogen-bond donors (Lipinski definition) is 2. The summed E-state index contributed by atoms with van der Waals surface area (Å²) in [6.07, 6.45) is -3.65. The normalized spacial score (nSPS) is 12.0. The smallest absolute Gasteiger partial charge is 0.388 e. The van der Waals surface area contributed by atoms with Crippen LogP contribution in [0.5, 0.6) is 5.88 Å². The highest BCUT2D eigenvalue weighted by molar-refractivity contribution is 7.89. The summed E-state index contributed by atoms with van der Waals surface area (Å²) in [5.74, 6) is -0.581. The minimum absolute atomic E-state index is 0.0508. The van der Waals surface area contributed by atoms with Crippen molar-refractivity contribution in [1.29, 1.82) is 0 Å². The van der Waals surface area contributed by atoms with Crippen molar-refractivity contribution in [2.24, 2.45) is 5.14 Å². The predicted molar refractivity (Wildman–Crippen MR) is 72.0 cm³/mol. The predicted octanol–water partition coefficient (Wildman–Crippen LogP) is 2.37. The van der Waals surface area contributed by atoms with Gasteiger partial charge in [0.1, 0.15) is 0 Å². The molecule has 0 aliphatic heterocycles. The summed E-state index contributed by atoms with van der Waals surface area (Å²) in [4.78, 5) is 3.45. The molecule has 0 aliphatic rings. The van der Waals surface area contributed by atoms with Gasteiger partial charge in [-0.15, -0.1) is 13.2 Å². The first-order valence-electron chi connectivity index (χ1n) is 5.75. The highest BCUT2D eigenvalue weighted by atomic mass is 32.2. The Hall–Kier alpha value is -2.33. The lowest BCUT2D eigenvalue weighted by Crippen LogP contribution is -2.17. The molecule has 22 heavy (non-hydrogen) atoms. The lowest BCUT2D eigenvalue weighted by Gasteiger charge is -2.09. The van der Waals surface area contributed by atoms with Crippen LogP contribution in [0.25, 0.3) is 0 Å². The Balaban J connectivity index is 2.08. The van der Waals surface area contributed by atoms with E-state index in [9.17, 15) is 21.6 Å². The molecule has 0 radical (unpaired) electrons. The Morgan fingerprint density at radius 3 is 2.09 bits per heavy atom. The first-order valence-corrected chi connectivity index (χ1v) is 7.30. The highest BCUT2D eigenvalue weighted by Gasteiger charge is 2.31. The maximum absolute atomic E-state index is 12.0. The number of hydrogen-bond acceptors (Lipinski definition) is 5. The first kappa shape index (κ1) is 16.0. The molecule has 3 N–H and O–H groups in total. The van der Waals surface area contributed by atoms with Gasteiger partial charge in [-0.2, -0.15) is 0 Å². The van der Waals surface area contributed by atoms with Crippen molar-refractivity contribution in [2.75, 3.05) is 5.32 Å². The molecule has 2 rings (SSSR count). The van der Waals surface area contributed by atoms with Gasteiger partial charge in [0.25, 0.3) is 0 Å². The molecule has 10 heteroatoms. The minimum atomic E-state index is -4.80.